The molecule has 0 aliphatic heterocycles. The highest BCUT2D eigenvalue weighted by Crippen LogP contribution is 2.49. The second kappa shape index (κ2) is 5.94. The van der Waals surface area contributed by atoms with Gasteiger partial charge in [0.1, 0.15) is 0 Å². The van der Waals surface area contributed by atoms with Gasteiger partial charge in [-0.3, -0.25) is 0 Å². The SMILES string of the molecule is CN(C)c1ccc(C(O)CC(F)(F)C(F)(F)C(F)(F)F)cc1. The van der Waals surface area contributed by atoms with Gasteiger partial charge in [-0.05, 0) is 17.7 Å². The molecule has 1 N–H and O–H groups in total. The van der Waals surface area contributed by atoms with Crippen molar-refractivity contribution in [3.63, 3.8) is 0 Å². The van der Waals surface area contributed by atoms with Crippen LogP contribution in [0.4, 0.5) is 36.4 Å². The minimum Gasteiger partial charge on any atom is -0.388 e. The Bertz CT molecular complexity index is 496. The van der Waals surface area contributed by atoms with Crippen molar-refractivity contribution in [2.24, 2.45) is 0 Å². The molecule has 0 saturated heterocycles. The van der Waals surface area contributed by atoms with E-state index in [0.717, 1.165) is 0 Å². The topological polar surface area (TPSA) is 23.5 Å². The van der Waals surface area contributed by atoms with Gasteiger partial charge in [-0.25, -0.2) is 0 Å². The highest BCUT2D eigenvalue weighted by molar-refractivity contribution is 5.46. The van der Waals surface area contributed by atoms with Crippen molar-refractivity contribution in [1.29, 1.82) is 0 Å². The molecular weight excluding hydrogens is 319 g/mol. The molecule has 126 valence electrons. The molecular formula is C13H14F7NO. The molecule has 0 amide bonds. The first-order valence-corrected chi connectivity index (χ1v) is 6.07. The lowest BCUT2D eigenvalue weighted by Crippen LogP contribution is -2.52. The third-order valence-corrected chi connectivity index (χ3v) is 3.06. The van der Waals surface area contributed by atoms with E-state index in [9.17, 15) is 35.8 Å². The molecule has 1 rings (SSSR count). The second-order valence-corrected chi connectivity index (χ2v) is 4.98. The third-order valence-electron chi connectivity index (χ3n) is 3.06. The number of halogens is 7. The fourth-order valence-electron chi connectivity index (χ4n) is 1.69. The fraction of sp³-hybridized carbons (Fsp3) is 0.538. The summed E-state index contributed by atoms with van der Waals surface area (Å²) in [5.41, 5.74) is 0.464. The number of nitrogens with zero attached hydrogens (tertiary/aromatic N) is 1. The zero-order valence-electron chi connectivity index (χ0n) is 11.6. The molecule has 22 heavy (non-hydrogen) atoms. The molecule has 1 atom stereocenters. The minimum atomic E-state index is -6.40. The summed E-state index contributed by atoms with van der Waals surface area (Å²) < 4.78 is 87.9. The largest absolute Gasteiger partial charge is 0.459 e. The first-order chi connectivity index (χ1) is 9.79. The molecule has 0 aliphatic rings. The maximum atomic E-state index is 13.2. The van der Waals surface area contributed by atoms with Gasteiger partial charge in [0, 0.05) is 26.2 Å². The summed E-state index contributed by atoms with van der Waals surface area (Å²) in [6, 6.07) is 5.20. The number of anilines is 1. The summed E-state index contributed by atoms with van der Waals surface area (Å²) in [5.74, 6) is -11.6. The van der Waals surface area contributed by atoms with Crippen molar-refractivity contribution >= 4 is 5.69 Å². The number of alkyl halides is 7. The first-order valence-electron chi connectivity index (χ1n) is 6.07. The van der Waals surface area contributed by atoms with Crippen molar-refractivity contribution in [2.75, 3.05) is 19.0 Å². The smallest absolute Gasteiger partial charge is 0.388 e. The monoisotopic (exact) mass is 333 g/mol. The molecule has 0 saturated carbocycles. The lowest BCUT2D eigenvalue weighted by Gasteiger charge is -2.29. The number of hydrogen-bond donors (Lipinski definition) is 1. The number of hydrogen-bond acceptors (Lipinski definition) is 2. The van der Waals surface area contributed by atoms with E-state index in [4.69, 9.17) is 0 Å². The summed E-state index contributed by atoms with van der Waals surface area (Å²) in [4.78, 5) is 1.66. The minimum absolute atomic E-state index is 0.178. The van der Waals surface area contributed by atoms with Crippen molar-refractivity contribution < 1.29 is 35.8 Å². The zero-order valence-corrected chi connectivity index (χ0v) is 11.6. The molecule has 0 aromatic heterocycles. The van der Waals surface area contributed by atoms with Gasteiger partial charge >= 0.3 is 18.0 Å². The van der Waals surface area contributed by atoms with Crippen LogP contribution in [0.1, 0.15) is 18.1 Å². The van der Waals surface area contributed by atoms with E-state index >= 15 is 0 Å². The Balaban J connectivity index is 2.93. The Labute approximate surface area is 122 Å². The molecule has 0 aliphatic carbocycles. The number of aliphatic hydroxyl groups excluding tert-OH is 1. The average Bonchev–Trinajstić information content (AvgIpc) is 2.36. The van der Waals surface area contributed by atoms with E-state index in [-0.39, 0.29) is 5.56 Å². The summed E-state index contributed by atoms with van der Waals surface area (Å²) in [6.45, 7) is 0. The fourth-order valence-corrected chi connectivity index (χ4v) is 1.69. The van der Waals surface area contributed by atoms with Crippen LogP contribution in [0, 0.1) is 0 Å². The van der Waals surface area contributed by atoms with Gasteiger partial charge in [0.25, 0.3) is 0 Å². The number of rotatable bonds is 5. The molecule has 0 radical (unpaired) electrons. The van der Waals surface area contributed by atoms with Gasteiger partial charge in [0.05, 0.1) is 6.10 Å². The molecule has 0 spiro atoms. The molecule has 1 unspecified atom stereocenters. The standard InChI is InChI=1S/C13H14F7NO/c1-21(2)9-5-3-8(4-6-9)10(22)7-11(14,15)12(16,17)13(18,19)20/h3-6,10,22H,7H2,1-2H3. The van der Waals surface area contributed by atoms with Gasteiger partial charge in [-0.2, -0.15) is 30.7 Å². The molecule has 1 aromatic carbocycles. The van der Waals surface area contributed by atoms with E-state index in [1.54, 1.807) is 19.0 Å². The van der Waals surface area contributed by atoms with Gasteiger partial charge in [-0.1, -0.05) is 12.1 Å². The highest BCUT2D eigenvalue weighted by Gasteiger charge is 2.72. The molecule has 9 heteroatoms. The van der Waals surface area contributed by atoms with Crippen molar-refractivity contribution in [3.8, 4) is 0 Å². The number of benzene rings is 1. The maximum absolute atomic E-state index is 13.2. The molecule has 1 aromatic rings. The predicted octanol–water partition coefficient (Wildman–Crippen LogP) is 4.01. The molecule has 0 heterocycles. The Morgan fingerprint density at radius 3 is 1.77 bits per heavy atom. The van der Waals surface area contributed by atoms with Crippen molar-refractivity contribution in [2.45, 2.75) is 30.5 Å². The number of aliphatic hydroxyl groups is 1. The van der Waals surface area contributed by atoms with E-state index in [0.29, 0.717) is 5.69 Å². The van der Waals surface area contributed by atoms with E-state index in [2.05, 4.69) is 0 Å². The second-order valence-electron chi connectivity index (χ2n) is 4.98. The van der Waals surface area contributed by atoms with Crippen molar-refractivity contribution in [1.82, 2.24) is 0 Å². The maximum Gasteiger partial charge on any atom is 0.459 e. The van der Waals surface area contributed by atoms with Crippen LogP contribution in [0.15, 0.2) is 24.3 Å². The third kappa shape index (κ3) is 3.63. The quantitative estimate of drug-likeness (QED) is 0.823. The molecule has 0 fully saturated rings. The van der Waals surface area contributed by atoms with Crippen LogP contribution in [0.3, 0.4) is 0 Å². The lowest BCUT2D eigenvalue weighted by molar-refractivity contribution is -0.358. The van der Waals surface area contributed by atoms with Crippen LogP contribution >= 0.6 is 0 Å². The predicted molar refractivity (Wildman–Crippen MR) is 66.3 cm³/mol. The van der Waals surface area contributed by atoms with Crippen LogP contribution < -0.4 is 4.90 Å². The Morgan fingerprint density at radius 1 is 0.955 bits per heavy atom. The van der Waals surface area contributed by atoms with Crippen LogP contribution in [0.2, 0.25) is 0 Å². The van der Waals surface area contributed by atoms with Crippen LogP contribution in [-0.2, 0) is 0 Å². The Kier molecular flexibility index (Phi) is 5.01. The van der Waals surface area contributed by atoms with Crippen molar-refractivity contribution in [3.05, 3.63) is 29.8 Å². The van der Waals surface area contributed by atoms with Crippen LogP contribution in [0.25, 0.3) is 0 Å². The van der Waals surface area contributed by atoms with E-state index < -0.39 is 30.5 Å². The Hall–Kier alpha value is -1.51. The summed E-state index contributed by atoms with van der Waals surface area (Å²) in [6.07, 6.45) is -10.6. The van der Waals surface area contributed by atoms with E-state index in [1.807, 2.05) is 0 Å². The van der Waals surface area contributed by atoms with Gasteiger partial charge < -0.3 is 10.0 Å². The lowest BCUT2D eigenvalue weighted by atomic mass is 9.98. The van der Waals surface area contributed by atoms with Gasteiger partial charge in [0.2, 0.25) is 0 Å². The summed E-state index contributed by atoms with van der Waals surface area (Å²) in [7, 11) is 3.37. The molecule has 0 bridgehead atoms. The zero-order chi connectivity index (χ0) is 17.3. The van der Waals surface area contributed by atoms with Crippen LogP contribution in [-0.4, -0.2) is 37.2 Å². The van der Waals surface area contributed by atoms with Gasteiger partial charge in [-0.15, -0.1) is 0 Å². The average molecular weight is 333 g/mol. The van der Waals surface area contributed by atoms with E-state index in [1.165, 1.54) is 24.3 Å². The normalized spacial score (nSPS) is 14.8. The highest BCUT2D eigenvalue weighted by atomic mass is 19.4. The Morgan fingerprint density at radius 2 is 1.41 bits per heavy atom. The summed E-state index contributed by atoms with van der Waals surface area (Å²) in [5, 5.41) is 9.52. The summed E-state index contributed by atoms with van der Waals surface area (Å²) >= 11 is 0. The first kappa shape index (κ1) is 18.5. The molecule has 2 nitrogen and oxygen atoms in total. The van der Waals surface area contributed by atoms with Gasteiger partial charge in [0.15, 0.2) is 0 Å². The van der Waals surface area contributed by atoms with Crippen LogP contribution in [0.5, 0.6) is 0 Å².